The maximum Gasteiger partial charge on any atom is 0.129 e. The van der Waals surface area contributed by atoms with E-state index in [1.165, 1.54) is 0 Å². The summed E-state index contributed by atoms with van der Waals surface area (Å²) in [4.78, 5) is 0. The number of phenolic OH excluding ortho intramolecular Hbond substituents is 1. The molecule has 0 aliphatic heterocycles. The molecule has 0 aliphatic carbocycles. The van der Waals surface area contributed by atoms with Crippen LogP contribution in [0.1, 0.15) is 5.56 Å². The number of hydrogen-bond acceptors (Lipinski definition) is 2. The van der Waals surface area contributed by atoms with E-state index in [0.717, 1.165) is 12.7 Å². The lowest BCUT2D eigenvalue weighted by molar-refractivity contribution is 0.470. The third-order valence-corrected chi connectivity index (χ3v) is 3.20. The smallest absolute Gasteiger partial charge is 0.129 e. The van der Waals surface area contributed by atoms with Crippen molar-refractivity contribution in [3.8, 4) is 5.75 Å². The lowest BCUT2D eigenvalue weighted by Gasteiger charge is -2.03. The normalized spacial score (nSPS) is 10.1. The van der Waals surface area contributed by atoms with Gasteiger partial charge in [0.05, 0.1) is 3.57 Å². The summed E-state index contributed by atoms with van der Waals surface area (Å²) in [5.41, 5.74) is 6.44. The maximum absolute atomic E-state index is 9.29. The van der Waals surface area contributed by atoms with Crippen LogP contribution in [0.25, 0.3) is 0 Å². The quantitative estimate of drug-likeness (QED) is 0.739. The summed E-state index contributed by atoms with van der Waals surface area (Å²) < 4.78 is 1.97. The number of nitrogens with two attached hydrogens (primary N) is 1. The second-order valence-electron chi connectivity index (χ2n) is 2.10. The number of aromatic hydroxyl groups is 1. The van der Waals surface area contributed by atoms with Gasteiger partial charge in [0.2, 0.25) is 0 Å². The summed E-state index contributed by atoms with van der Waals surface area (Å²) in [6, 6.07) is 3.63. The first-order valence-electron chi connectivity index (χ1n) is 3.02. The van der Waals surface area contributed by atoms with E-state index in [2.05, 4.69) is 45.2 Å². The van der Waals surface area contributed by atoms with Crippen molar-refractivity contribution in [1.29, 1.82) is 0 Å². The van der Waals surface area contributed by atoms with Crippen LogP contribution in [-0.2, 0) is 6.54 Å². The molecule has 0 fully saturated rings. The second-order valence-corrected chi connectivity index (χ2v) is 4.42. The van der Waals surface area contributed by atoms with Gasteiger partial charge in [-0.1, -0.05) is 0 Å². The zero-order valence-electron chi connectivity index (χ0n) is 5.64. The highest BCUT2D eigenvalue weighted by Gasteiger charge is 2.02. The van der Waals surface area contributed by atoms with E-state index in [1.54, 1.807) is 6.07 Å². The molecule has 0 saturated carbocycles. The fraction of sp³-hybridized carbons (Fsp3) is 0.143. The number of benzene rings is 1. The standard InChI is InChI=1S/C7H7I2NO/c8-5-2-6(9)7(11)1-4(5)3-10/h1-2,11H,3,10H2. The van der Waals surface area contributed by atoms with E-state index in [9.17, 15) is 5.11 Å². The Morgan fingerprint density at radius 1 is 1.27 bits per heavy atom. The molecule has 1 aromatic rings. The Kier molecular flexibility index (Phi) is 3.38. The van der Waals surface area contributed by atoms with Crippen molar-refractivity contribution >= 4 is 45.2 Å². The van der Waals surface area contributed by atoms with Crippen LogP contribution in [0.3, 0.4) is 0 Å². The van der Waals surface area contributed by atoms with Gasteiger partial charge < -0.3 is 10.8 Å². The van der Waals surface area contributed by atoms with E-state index in [4.69, 9.17) is 5.73 Å². The fourth-order valence-corrected chi connectivity index (χ4v) is 2.49. The highest BCUT2D eigenvalue weighted by molar-refractivity contribution is 14.1. The second kappa shape index (κ2) is 3.90. The van der Waals surface area contributed by atoms with E-state index in [0.29, 0.717) is 12.3 Å². The third-order valence-electron chi connectivity index (χ3n) is 1.34. The Bertz CT molecular complexity index is 275. The molecular weight excluding hydrogens is 368 g/mol. The van der Waals surface area contributed by atoms with Crippen molar-refractivity contribution in [1.82, 2.24) is 0 Å². The van der Waals surface area contributed by atoms with Crippen LogP contribution in [0.2, 0.25) is 0 Å². The third kappa shape index (κ3) is 2.19. The van der Waals surface area contributed by atoms with Crippen molar-refractivity contribution in [3.63, 3.8) is 0 Å². The Morgan fingerprint density at radius 3 is 2.45 bits per heavy atom. The predicted molar refractivity (Wildman–Crippen MR) is 61.4 cm³/mol. The van der Waals surface area contributed by atoms with Crippen LogP contribution < -0.4 is 5.73 Å². The molecule has 0 unspecified atom stereocenters. The Hall–Kier alpha value is 0.440. The summed E-state index contributed by atoms with van der Waals surface area (Å²) >= 11 is 4.29. The van der Waals surface area contributed by atoms with Crippen molar-refractivity contribution in [2.45, 2.75) is 6.54 Å². The van der Waals surface area contributed by atoms with Gasteiger partial charge in [0.25, 0.3) is 0 Å². The summed E-state index contributed by atoms with van der Waals surface area (Å²) in [5, 5.41) is 9.29. The van der Waals surface area contributed by atoms with Crippen LogP contribution in [0, 0.1) is 7.14 Å². The molecule has 1 aromatic carbocycles. The Morgan fingerprint density at radius 2 is 1.91 bits per heavy atom. The molecule has 0 atom stereocenters. The summed E-state index contributed by atoms with van der Waals surface area (Å²) in [5.74, 6) is 0.312. The SMILES string of the molecule is NCc1cc(O)c(I)cc1I. The lowest BCUT2D eigenvalue weighted by atomic mass is 10.2. The molecule has 3 N–H and O–H groups in total. The molecule has 2 nitrogen and oxygen atoms in total. The topological polar surface area (TPSA) is 46.2 Å². The molecule has 0 saturated heterocycles. The van der Waals surface area contributed by atoms with Crippen molar-refractivity contribution in [2.24, 2.45) is 5.73 Å². The van der Waals surface area contributed by atoms with Gasteiger partial charge in [0, 0.05) is 10.1 Å². The fourth-order valence-electron chi connectivity index (χ4n) is 0.737. The minimum absolute atomic E-state index is 0.312. The van der Waals surface area contributed by atoms with E-state index in [1.807, 2.05) is 6.07 Å². The molecule has 1 rings (SSSR count). The first kappa shape index (κ1) is 9.53. The molecule has 4 heteroatoms. The average Bonchev–Trinajstić information content (AvgIpc) is 1.97. The van der Waals surface area contributed by atoms with Crippen LogP contribution in [0.15, 0.2) is 12.1 Å². The van der Waals surface area contributed by atoms with Crippen LogP contribution in [0.5, 0.6) is 5.75 Å². The predicted octanol–water partition coefficient (Wildman–Crippen LogP) is 2.06. The van der Waals surface area contributed by atoms with Gasteiger partial charge in [0.15, 0.2) is 0 Å². The lowest BCUT2D eigenvalue weighted by Crippen LogP contribution is -1.99. The van der Waals surface area contributed by atoms with Crippen LogP contribution in [0.4, 0.5) is 0 Å². The number of halogens is 2. The first-order valence-corrected chi connectivity index (χ1v) is 5.18. The van der Waals surface area contributed by atoms with Crippen LogP contribution >= 0.6 is 45.2 Å². The van der Waals surface area contributed by atoms with Gasteiger partial charge in [-0.15, -0.1) is 0 Å². The van der Waals surface area contributed by atoms with E-state index in [-0.39, 0.29) is 0 Å². The van der Waals surface area contributed by atoms with Gasteiger partial charge >= 0.3 is 0 Å². The molecule has 0 aliphatic rings. The number of hydrogen-bond donors (Lipinski definition) is 2. The molecule has 0 spiro atoms. The maximum atomic E-state index is 9.29. The first-order chi connectivity index (χ1) is 5.15. The van der Waals surface area contributed by atoms with Crippen LogP contribution in [-0.4, -0.2) is 5.11 Å². The van der Waals surface area contributed by atoms with Crippen molar-refractivity contribution in [3.05, 3.63) is 24.8 Å². The highest BCUT2D eigenvalue weighted by Crippen LogP contribution is 2.24. The molecule has 0 amide bonds. The van der Waals surface area contributed by atoms with E-state index >= 15 is 0 Å². The van der Waals surface area contributed by atoms with Gasteiger partial charge in [0.1, 0.15) is 5.75 Å². The molecule has 0 radical (unpaired) electrons. The highest BCUT2D eigenvalue weighted by atomic mass is 127. The molecule has 0 aromatic heterocycles. The minimum Gasteiger partial charge on any atom is -0.507 e. The molecular formula is C7H7I2NO. The summed E-state index contributed by atoms with van der Waals surface area (Å²) in [6.07, 6.45) is 0. The molecule has 11 heavy (non-hydrogen) atoms. The largest absolute Gasteiger partial charge is 0.507 e. The number of phenols is 1. The molecule has 0 bridgehead atoms. The Labute approximate surface area is 92.5 Å². The monoisotopic (exact) mass is 375 g/mol. The zero-order chi connectivity index (χ0) is 8.43. The van der Waals surface area contributed by atoms with Gasteiger partial charge in [-0.05, 0) is 62.9 Å². The van der Waals surface area contributed by atoms with E-state index < -0.39 is 0 Å². The van der Waals surface area contributed by atoms with Crippen molar-refractivity contribution < 1.29 is 5.11 Å². The molecule has 0 heterocycles. The summed E-state index contributed by atoms with van der Waals surface area (Å²) in [6.45, 7) is 0.475. The minimum atomic E-state index is 0.312. The summed E-state index contributed by atoms with van der Waals surface area (Å²) in [7, 11) is 0. The molecule has 60 valence electrons. The average molecular weight is 375 g/mol. The zero-order valence-corrected chi connectivity index (χ0v) is 9.96. The van der Waals surface area contributed by atoms with Crippen molar-refractivity contribution in [2.75, 3.05) is 0 Å². The Balaban J connectivity index is 3.21. The van der Waals surface area contributed by atoms with Gasteiger partial charge in [-0.2, -0.15) is 0 Å². The van der Waals surface area contributed by atoms with Gasteiger partial charge in [-0.25, -0.2) is 0 Å². The van der Waals surface area contributed by atoms with Gasteiger partial charge in [-0.3, -0.25) is 0 Å². The number of rotatable bonds is 1.